The first kappa shape index (κ1) is 19.8. The summed E-state index contributed by atoms with van der Waals surface area (Å²) in [7, 11) is 1.83. The van der Waals surface area contributed by atoms with E-state index in [-0.39, 0.29) is 30.0 Å². The second-order valence-corrected chi connectivity index (χ2v) is 7.40. The van der Waals surface area contributed by atoms with E-state index in [9.17, 15) is 9.59 Å². The number of carbonyl (C=O) groups excluding carboxylic acids is 1. The van der Waals surface area contributed by atoms with Crippen LogP contribution in [0.5, 0.6) is 0 Å². The van der Waals surface area contributed by atoms with E-state index in [1.165, 1.54) is 0 Å². The molecular formula is C22H26N4O2. The SMILES string of the molecule is CC(C)[C@H](NC(=O)CN(C)Cc1nc2ccccc2c(=O)[nH]1)c1ccccc1. The van der Waals surface area contributed by atoms with Crippen molar-refractivity contribution in [3.05, 3.63) is 76.3 Å². The van der Waals surface area contributed by atoms with Gasteiger partial charge in [-0.15, -0.1) is 0 Å². The summed E-state index contributed by atoms with van der Waals surface area (Å²) in [4.78, 5) is 33.9. The minimum Gasteiger partial charge on any atom is -0.348 e. The van der Waals surface area contributed by atoms with Crippen molar-refractivity contribution in [2.75, 3.05) is 13.6 Å². The molecule has 0 unspecified atom stereocenters. The zero-order valence-electron chi connectivity index (χ0n) is 16.5. The molecule has 2 N–H and O–H groups in total. The first-order valence-corrected chi connectivity index (χ1v) is 9.45. The van der Waals surface area contributed by atoms with Crippen molar-refractivity contribution in [2.24, 2.45) is 5.92 Å². The minimum absolute atomic E-state index is 0.0410. The van der Waals surface area contributed by atoms with Crippen molar-refractivity contribution in [1.82, 2.24) is 20.2 Å². The van der Waals surface area contributed by atoms with Crippen LogP contribution in [0.2, 0.25) is 0 Å². The van der Waals surface area contributed by atoms with Crippen molar-refractivity contribution < 1.29 is 4.79 Å². The van der Waals surface area contributed by atoms with Crippen molar-refractivity contribution >= 4 is 16.8 Å². The largest absolute Gasteiger partial charge is 0.348 e. The molecule has 28 heavy (non-hydrogen) atoms. The molecule has 0 saturated heterocycles. The second-order valence-electron chi connectivity index (χ2n) is 7.40. The van der Waals surface area contributed by atoms with Crippen LogP contribution in [-0.2, 0) is 11.3 Å². The molecule has 0 radical (unpaired) electrons. The number of amides is 1. The Hall–Kier alpha value is -2.99. The highest BCUT2D eigenvalue weighted by Crippen LogP contribution is 2.21. The summed E-state index contributed by atoms with van der Waals surface area (Å²) in [5, 5.41) is 3.68. The maximum atomic E-state index is 12.6. The third-order valence-corrected chi connectivity index (χ3v) is 4.64. The van der Waals surface area contributed by atoms with Crippen molar-refractivity contribution in [3.8, 4) is 0 Å². The fraction of sp³-hybridized carbons (Fsp3) is 0.318. The van der Waals surface area contributed by atoms with Crippen LogP contribution < -0.4 is 10.9 Å². The molecule has 3 aromatic rings. The number of aromatic nitrogens is 2. The Morgan fingerprint density at radius 1 is 1.11 bits per heavy atom. The lowest BCUT2D eigenvalue weighted by molar-refractivity contribution is -0.123. The predicted molar refractivity (Wildman–Crippen MR) is 111 cm³/mol. The molecule has 6 heteroatoms. The number of benzene rings is 2. The first-order valence-electron chi connectivity index (χ1n) is 9.45. The minimum atomic E-state index is -0.164. The van der Waals surface area contributed by atoms with Crippen LogP contribution in [0.25, 0.3) is 10.9 Å². The number of hydrogen-bond donors (Lipinski definition) is 2. The van der Waals surface area contributed by atoms with E-state index >= 15 is 0 Å². The van der Waals surface area contributed by atoms with Gasteiger partial charge in [-0.1, -0.05) is 56.3 Å². The van der Waals surface area contributed by atoms with Gasteiger partial charge in [0.1, 0.15) is 5.82 Å². The smallest absolute Gasteiger partial charge is 0.258 e. The summed E-state index contributed by atoms with van der Waals surface area (Å²) in [6.07, 6.45) is 0. The molecule has 2 aromatic carbocycles. The molecule has 1 atom stereocenters. The van der Waals surface area contributed by atoms with E-state index in [0.29, 0.717) is 23.3 Å². The molecule has 0 aliphatic heterocycles. The standard InChI is InChI=1S/C22H26N4O2/c1-15(2)21(16-9-5-4-6-10-16)25-20(27)14-26(3)13-19-23-18-12-8-7-11-17(18)22(28)24-19/h4-12,15,21H,13-14H2,1-3H3,(H,25,27)(H,23,24,28)/t21-/m0/s1. The fourth-order valence-corrected chi connectivity index (χ4v) is 3.28. The maximum absolute atomic E-state index is 12.6. The number of hydrogen-bond acceptors (Lipinski definition) is 4. The molecule has 0 fully saturated rings. The Morgan fingerprint density at radius 3 is 2.50 bits per heavy atom. The van der Waals surface area contributed by atoms with E-state index in [1.54, 1.807) is 6.07 Å². The highest BCUT2D eigenvalue weighted by Gasteiger charge is 2.19. The second kappa shape index (κ2) is 8.80. The molecule has 0 bridgehead atoms. The summed E-state index contributed by atoms with van der Waals surface area (Å²) in [5.74, 6) is 0.755. The number of H-pyrrole nitrogens is 1. The van der Waals surface area contributed by atoms with Gasteiger partial charge in [0, 0.05) is 0 Å². The van der Waals surface area contributed by atoms with Crippen LogP contribution in [0.3, 0.4) is 0 Å². The molecule has 3 rings (SSSR count). The van der Waals surface area contributed by atoms with Gasteiger partial charge in [-0.3, -0.25) is 14.5 Å². The van der Waals surface area contributed by atoms with Gasteiger partial charge in [0.2, 0.25) is 5.91 Å². The van der Waals surface area contributed by atoms with Gasteiger partial charge in [0.25, 0.3) is 5.56 Å². The number of nitrogens with one attached hydrogen (secondary N) is 2. The van der Waals surface area contributed by atoms with Crippen molar-refractivity contribution in [1.29, 1.82) is 0 Å². The van der Waals surface area contributed by atoms with Crippen LogP contribution in [0.15, 0.2) is 59.4 Å². The lowest BCUT2D eigenvalue weighted by Crippen LogP contribution is -2.39. The fourth-order valence-electron chi connectivity index (χ4n) is 3.28. The molecule has 1 heterocycles. The van der Waals surface area contributed by atoms with Gasteiger partial charge < -0.3 is 10.3 Å². The Kier molecular flexibility index (Phi) is 6.21. The summed E-state index contributed by atoms with van der Waals surface area (Å²) in [6.45, 7) is 4.77. The number of para-hydroxylation sites is 1. The molecule has 0 aliphatic carbocycles. The molecule has 146 valence electrons. The number of carbonyl (C=O) groups is 1. The van der Waals surface area contributed by atoms with Crippen molar-refractivity contribution in [3.63, 3.8) is 0 Å². The summed E-state index contributed by atoms with van der Waals surface area (Å²) >= 11 is 0. The van der Waals surface area contributed by atoms with Gasteiger partial charge in [-0.05, 0) is 30.7 Å². The Morgan fingerprint density at radius 2 is 1.79 bits per heavy atom. The average Bonchev–Trinajstić information content (AvgIpc) is 2.66. The number of aromatic amines is 1. The van der Waals surface area contributed by atoms with E-state index in [4.69, 9.17) is 0 Å². The Bertz CT molecular complexity index is 998. The van der Waals surface area contributed by atoms with Crippen LogP contribution in [0.4, 0.5) is 0 Å². The molecule has 0 spiro atoms. The van der Waals surface area contributed by atoms with Crippen LogP contribution in [-0.4, -0.2) is 34.4 Å². The van der Waals surface area contributed by atoms with Crippen LogP contribution in [0.1, 0.15) is 31.3 Å². The lowest BCUT2D eigenvalue weighted by atomic mass is 9.96. The maximum Gasteiger partial charge on any atom is 0.258 e. The Balaban J connectivity index is 1.65. The van der Waals surface area contributed by atoms with E-state index in [1.807, 2.05) is 60.5 Å². The van der Waals surface area contributed by atoms with Crippen LogP contribution in [0, 0.1) is 5.92 Å². The zero-order chi connectivity index (χ0) is 20.1. The lowest BCUT2D eigenvalue weighted by Gasteiger charge is -2.24. The average molecular weight is 378 g/mol. The van der Waals surface area contributed by atoms with E-state index < -0.39 is 0 Å². The van der Waals surface area contributed by atoms with Gasteiger partial charge >= 0.3 is 0 Å². The topological polar surface area (TPSA) is 78.1 Å². The molecule has 0 saturated carbocycles. The third-order valence-electron chi connectivity index (χ3n) is 4.64. The Labute approximate surface area is 164 Å². The highest BCUT2D eigenvalue weighted by molar-refractivity contribution is 5.78. The highest BCUT2D eigenvalue weighted by atomic mass is 16.2. The molecular weight excluding hydrogens is 352 g/mol. The normalized spacial score (nSPS) is 12.5. The van der Waals surface area contributed by atoms with E-state index in [0.717, 1.165) is 5.56 Å². The molecule has 1 aromatic heterocycles. The number of rotatable bonds is 7. The molecule has 1 amide bonds. The van der Waals surface area contributed by atoms with Gasteiger partial charge in [0.05, 0.1) is 30.0 Å². The summed E-state index contributed by atoms with van der Waals surface area (Å²) in [6, 6.07) is 17.2. The quantitative estimate of drug-likeness (QED) is 0.663. The monoisotopic (exact) mass is 378 g/mol. The summed E-state index contributed by atoms with van der Waals surface area (Å²) in [5.41, 5.74) is 1.58. The van der Waals surface area contributed by atoms with Gasteiger partial charge in [0.15, 0.2) is 0 Å². The zero-order valence-corrected chi connectivity index (χ0v) is 16.5. The van der Waals surface area contributed by atoms with Gasteiger partial charge in [-0.2, -0.15) is 0 Å². The van der Waals surface area contributed by atoms with Crippen LogP contribution >= 0.6 is 0 Å². The predicted octanol–water partition coefficient (Wildman–Crippen LogP) is 2.87. The molecule has 6 nitrogen and oxygen atoms in total. The van der Waals surface area contributed by atoms with Crippen molar-refractivity contribution in [2.45, 2.75) is 26.4 Å². The number of nitrogens with zero attached hydrogens (tertiary/aromatic N) is 2. The number of likely N-dealkylation sites (N-methyl/N-ethyl adjacent to an activating group) is 1. The molecule has 0 aliphatic rings. The van der Waals surface area contributed by atoms with E-state index in [2.05, 4.69) is 29.1 Å². The third kappa shape index (κ3) is 4.84. The number of fused-ring (bicyclic) bond motifs is 1. The summed E-state index contributed by atoms with van der Waals surface area (Å²) < 4.78 is 0. The first-order chi connectivity index (χ1) is 13.4. The van der Waals surface area contributed by atoms with Gasteiger partial charge in [-0.25, -0.2) is 4.98 Å².